The SMILES string of the molecule is COc1ccc(C)cc1C#CC(=O)O. The molecule has 0 bridgehead atoms. The van der Waals surface area contributed by atoms with Crippen LogP contribution in [-0.4, -0.2) is 18.2 Å². The van der Waals surface area contributed by atoms with Crippen LogP contribution in [0.3, 0.4) is 0 Å². The summed E-state index contributed by atoms with van der Waals surface area (Å²) in [6.07, 6.45) is 0. The Balaban J connectivity index is 3.13. The summed E-state index contributed by atoms with van der Waals surface area (Å²) in [5.41, 5.74) is 1.61. The molecule has 0 spiro atoms. The molecule has 0 saturated carbocycles. The molecule has 0 fully saturated rings. The van der Waals surface area contributed by atoms with E-state index in [1.165, 1.54) is 7.11 Å². The van der Waals surface area contributed by atoms with E-state index in [4.69, 9.17) is 9.84 Å². The molecule has 0 aliphatic heterocycles. The number of carboxylic acids is 1. The molecule has 0 atom stereocenters. The number of aliphatic carboxylic acids is 1. The van der Waals surface area contributed by atoms with Gasteiger partial charge in [0.1, 0.15) is 5.75 Å². The van der Waals surface area contributed by atoms with Crippen LogP contribution in [0.25, 0.3) is 0 Å². The second-order valence-corrected chi connectivity index (χ2v) is 2.76. The minimum Gasteiger partial charge on any atom is -0.495 e. The smallest absolute Gasteiger partial charge is 0.382 e. The molecule has 0 unspecified atom stereocenters. The molecular weight excluding hydrogens is 180 g/mol. The van der Waals surface area contributed by atoms with Crippen molar-refractivity contribution >= 4 is 5.97 Å². The quantitative estimate of drug-likeness (QED) is 0.681. The van der Waals surface area contributed by atoms with Gasteiger partial charge in [0.15, 0.2) is 0 Å². The number of methoxy groups -OCH3 is 1. The minimum absolute atomic E-state index is 0.587. The fraction of sp³-hybridized carbons (Fsp3) is 0.182. The summed E-state index contributed by atoms with van der Waals surface area (Å²) >= 11 is 0. The first-order chi connectivity index (χ1) is 6.63. The maximum atomic E-state index is 10.2. The van der Waals surface area contributed by atoms with E-state index in [9.17, 15) is 4.79 Å². The van der Waals surface area contributed by atoms with Crippen molar-refractivity contribution in [1.82, 2.24) is 0 Å². The zero-order chi connectivity index (χ0) is 10.6. The molecule has 0 aromatic heterocycles. The Labute approximate surface area is 82.3 Å². The summed E-state index contributed by atoms with van der Waals surface area (Å²) < 4.78 is 5.04. The van der Waals surface area contributed by atoms with E-state index in [0.717, 1.165) is 5.56 Å². The van der Waals surface area contributed by atoms with Gasteiger partial charge in [-0.1, -0.05) is 12.0 Å². The molecule has 0 radical (unpaired) electrons. The molecule has 72 valence electrons. The molecule has 3 nitrogen and oxygen atoms in total. The van der Waals surface area contributed by atoms with Gasteiger partial charge < -0.3 is 9.84 Å². The summed E-state index contributed by atoms with van der Waals surface area (Å²) in [6, 6.07) is 5.43. The summed E-state index contributed by atoms with van der Waals surface area (Å²) in [5.74, 6) is 4.02. The van der Waals surface area contributed by atoms with Crippen LogP contribution in [0, 0.1) is 18.8 Å². The Kier molecular flexibility index (Phi) is 3.14. The highest BCUT2D eigenvalue weighted by molar-refractivity contribution is 5.87. The molecule has 0 heterocycles. The van der Waals surface area contributed by atoms with Gasteiger partial charge in [0.05, 0.1) is 12.7 Å². The molecule has 0 aliphatic carbocycles. The first kappa shape index (κ1) is 10.1. The second kappa shape index (κ2) is 4.33. The average Bonchev–Trinajstić information content (AvgIpc) is 2.15. The first-order valence-corrected chi connectivity index (χ1v) is 4.03. The van der Waals surface area contributed by atoms with Gasteiger partial charge in [-0.05, 0) is 24.6 Å². The second-order valence-electron chi connectivity index (χ2n) is 2.76. The number of carboxylic acid groups (broad SMARTS) is 1. The first-order valence-electron chi connectivity index (χ1n) is 4.03. The molecule has 0 aliphatic rings. The molecule has 3 heteroatoms. The van der Waals surface area contributed by atoms with Crippen molar-refractivity contribution in [2.24, 2.45) is 0 Å². The number of benzene rings is 1. The lowest BCUT2D eigenvalue weighted by Gasteiger charge is -2.02. The van der Waals surface area contributed by atoms with E-state index in [-0.39, 0.29) is 0 Å². The molecule has 14 heavy (non-hydrogen) atoms. The summed E-state index contributed by atoms with van der Waals surface area (Å²) in [5, 5.41) is 8.39. The van der Waals surface area contributed by atoms with Gasteiger partial charge in [0, 0.05) is 5.92 Å². The lowest BCUT2D eigenvalue weighted by molar-refractivity contribution is -0.130. The molecule has 1 rings (SSSR count). The normalized spacial score (nSPS) is 8.71. The topological polar surface area (TPSA) is 46.5 Å². The fourth-order valence-electron chi connectivity index (χ4n) is 1.04. The van der Waals surface area contributed by atoms with Crippen molar-refractivity contribution in [3.8, 4) is 17.6 Å². The van der Waals surface area contributed by atoms with E-state index in [1.807, 2.05) is 13.0 Å². The molecule has 0 saturated heterocycles. The van der Waals surface area contributed by atoms with E-state index < -0.39 is 5.97 Å². The number of ether oxygens (including phenoxy) is 1. The van der Waals surface area contributed by atoms with Crippen LogP contribution in [0.1, 0.15) is 11.1 Å². The van der Waals surface area contributed by atoms with Crippen LogP contribution in [0.2, 0.25) is 0 Å². The minimum atomic E-state index is -1.14. The van der Waals surface area contributed by atoms with E-state index in [2.05, 4.69) is 11.8 Å². The van der Waals surface area contributed by atoms with Gasteiger partial charge in [-0.25, -0.2) is 4.79 Å². The van der Waals surface area contributed by atoms with Crippen LogP contribution < -0.4 is 4.74 Å². The predicted molar refractivity (Wildman–Crippen MR) is 52.2 cm³/mol. The Morgan fingerprint density at radius 1 is 1.50 bits per heavy atom. The molecular formula is C11H10O3. The van der Waals surface area contributed by atoms with E-state index in [1.54, 1.807) is 12.1 Å². The highest BCUT2D eigenvalue weighted by Gasteiger charge is 1.99. The number of carbonyl (C=O) groups is 1. The Morgan fingerprint density at radius 2 is 2.21 bits per heavy atom. The van der Waals surface area contributed by atoms with Crippen LogP contribution in [0.15, 0.2) is 18.2 Å². The highest BCUT2D eigenvalue weighted by atomic mass is 16.5. The largest absolute Gasteiger partial charge is 0.495 e. The van der Waals surface area contributed by atoms with Gasteiger partial charge in [0.2, 0.25) is 0 Å². The summed E-state index contributed by atoms with van der Waals surface area (Å²) in [6.45, 7) is 1.91. The third kappa shape index (κ3) is 2.53. The van der Waals surface area contributed by atoms with Gasteiger partial charge in [-0.3, -0.25) is 0 Å². The Morgan fingerprint density at radius 3 is 2.79 bits per heavy atom. The lowest BCUT2D eigenvalue weighted by atomic mass is 10.1. The zero-order valence-electron chi connectivity index (χ0n) is 8.00. The molecule has 1 N–H and O–H groups in total. The number of aryl methyl sites for hydroxylation is 1. The summed E-state index contributed by atoms with van der Waals surface area (Å²) in [7, 11) is 1.52. The summed E-state index contributed by atoms with van der Waals surface area (Å²) in [4.78, 5) is 10.2. The van der Waals surface area contributed by atoms with Crippen molar-refractivity contribution in [3.63, 3.8) is 0 Å². The predicted octanol–water partition coefficient (Wildman–Crippen LogP) is 1.44. The van der Waals surface area contributed by atoms with Gasteiger partial charge in [-0.15, -0.1) is 0 Å². The number of rotatable bonds is 1. The van der Waals surface area contributed by atoms with Crippen LogP contribution in [-0.2, 0) is 4.79 Å². The maximum Gasteiger partial charge on any atom is 0.382 e. The maximum absolute atomic E-state index is 10.2. The zero-order valence-corrected chi connectivity index (χ0v) is 8.00. The number of hydrogen-bond donors (Lipinski definition) is 1. The van der Waals surface area contributed by atoms with E-state index >= 15 is 0 Å². The Hall–Kier alpha value is -1.95. The average molecular weight is 190 g/mol. The molecule has 1 aromatic rings. The highest BCUT2D eigenvalue weighted by Crippen LogP contribution is 2.17. The van der Waals surface area contributed by atoms with E-state index in [0.29, 0.717) is 11.3 Å². The molecule has 1 aromatic carbocycles. The van der Waals surface area contributed by atoms with Crippen molar-refractivity contribution < 1.29 is 14.6 Å². The van der Waals surface area contributed by atoms with Crippen molar-refractivity contribution in [2.75, 3.05) is 7.11 Å². The van der Waals surface area contributed by atoms with Crippen LogP contribution >= 0.6 is 0 Å². The van der Waals surface area contributed by atoms with Crippen molar-refractivity contribution in [1.29, 1.82) is 0 Å². The Bertz CT molecular complexity index is 410. The van der Waals surface area contributed by atoms with Gasteiger partial charge in [0.25, 0.3) is 0 Å². The van der Waals surface area contributed by atoms with Gasteiger partial charge in [-0.2, -0.15) is 0 Å². The standard InChI is InChI=1S/C11H10O3/c1-8-3-5-10(14-2)9(7-8)4-6-11(12)13/h3,5,7H,1-2H3,(H,12,13). The molecule has 0 amide bonds. The number of hydrogen-bond acceptors (Lipinski definition) is 2. The van der Waals surface area contributed by atoms with Crippen LogP contribution in [0.4, 0.5) is 0 Å². The van der Waals surface area contributed by atoms with Gasteiger partial charge >= 0.3 is 5.97 Å². The fourth-order valence-corrected chi connectivity index (χ4v) is 1.04. The third-order valence-corrected chi connectivity index (χ3v) is 1.66. The monoisotopic (exact) mass is 190 g/mol. The van der Waals surface area contributed by atoms with Crippen molar-refractivity contribution in [3.05, 3.63) is 29.3 Å². The third-order valence-electron chi connectivity index (χ3n) is 1.66. The van der Waals surface area contributed by atoms with Crippen molar-refractivity contribution in [2.45, 2.75) is 6.92 Å². The lowest BCUT2D eigenvalue weighted by Crippen LogP contribution is -1.91. The van der Waals surface area contributed by atoms with Crippen LogP contribution in [0.5, 0.6) is 5.75 Å².